The fourth-order valence-corrected chi connectivity index (χ4v) is 3.34. The number of ether oxygens (including phenoxy) is 1. The summed E-state index contributed by atoms with van der Waals surface area (Å²) in [5.74, 6) is 0.281. The number of carbonyl (C=O) groups is 1. The van der Waals surface area contributed by atoms with Crippen LogP contribution in [0.2, 0.25) is 0 Å². The van der Waals surface area contributed by atoms with Gasteiger partial charge in [0, 0.05) is 35.6 Å². The number of hydrogen-bond donors (Lipinski definition) is 1. The summed E-state index contributed by atoms with van der Waals surface area (Å²) in [6.45, 7) is 2.37. The number of halogens is 1. The molecule has 4 rings (SSSR count). The zero-order chi connectivity index (χ0) is 18.8. The molecule has 2 aromatic heterocycles. The Kier molecular flexibility index (Phi) is 4.90. The van der Waals surface area contributed by atoms with Gasteiger partial charge in [-0.05, 0) is 18.2 Å². The lowest BCUT2D eigenvalue weighted by Crippen LogP contribution is -2.37. The molecule has 0 unspecified atom stereocenters. The fourth-order valence-electron chi connectivity index (χ4n) is 2.94. The Bertz CT molecular complexity index is 1040. The summed E-state index contributed by atoms with van der Waals surface area (Å²) in [6.07, 6.45) is 3.12. The largest absolute Gasteiger partial charge is 0.378 e. The molecule has 1 fully saturated rings. The van der Waals surface area contributed by atoms with E-state index in [1.54, 1.807) is 24.5 Å². The van der Waals surface area contributed by atoms with Crippen LogP contribution in [0.5, 0.6) is 0 Å². The van der Waals surface area contributed by atoms with E-state index in [4.69, 9.17) is 4.74 Å². The maximum absolute atomic E-state index is 12.6. The predicted octanol–water partition coefficient (Wildman–Crippen LogP) is 1.13. The van der Waals surface area contributed by atoms with Crippen LogP contribution in [-0.2, 0) is 16.1 Å². The summed E-state index contributed by atoms with van der Waals surface area (Å²) in [4.78, 5) is 31.3. The lowest BCUT2D eigenvalue weighted by molar-refractivity contribution is -0.117. The zero-order valence-electron chi connectivity index (χ0n) is 14.3. The number of amides is 1. The van der Waals surface area contributed by atoms with E-state index in [2.05, 4.69) is 31.3 Å². The number of morpholine rings is 1. The van der Waals surface area contributed by atoms with Crippen LogP contribution in [0.1, 0.15) is 0 Å². The van der Waals surface area contributed by atoms with Gasteiger partial charge in [0.25, 0.3) is 0 Å². The molecule has 1 aliphatic heterocycles. The molecule has 0 bridgehead atoms. The number of rotatable bonds is 4. The third kappa shape index (κ3) is 3.71. The van der Waals surface area contributed by atoms with Gasteiger partial charge in [0.05, 0.1) is 13.2 Å². The van der Waals surface area contributed by atoms with E-state index in [-0.39, 0.29) is 18.1 Å². The molecule has 27 heavy (non-hydrogen) atoms. The lowest BCUT2D eigenvalue weighted by Gasteiger charge is -2.27. The maximum atomic E-state index is 12.6. The Balaban J connectivity index is 1.59. The molecule has 3 aromatic rings. The Morgan fingerprint density at radius 1 is 1.30 bits per heavy atom. The molecule has 1 saturated heterocycles. The number of nitrogens with one attached hydrogen (secondary N) is 1. The smallest absolute Gasteiger partial charge is 0.350 e. The molecule has 0 radical (unpaired) electrons. The quantitative estimate of drug-likeness (QED) is 0.663. The number of fused-ring (bicyclic) bond motifs is 1. The molecule has 1 amide bonds. The topological polar surface area (TPSA) is 93.8 Å². The zero-order valence-corrected chi connectivity index (χ0v) is 15.9. The highest BCUT2D eigenvalue weighted by Crippen LogP contribution is 2.17. The van der Waals surface area contributed by atoms with Crippen molar-refractivity contribution in [1.82, 2.24) is 19.2 Å². The molecule has 140 valence electrons. The SMILES string of the molecule is O=C(Cn1nc2c(N3CCOCC3)nccn2c1=O)Nc1cccc(Br)c1. The molecule has 9 nitrogen and oxygen atoms in total. The number of carbonyl (C=O) groups excluding carboxylic acids is 1. The van der Waals surface area contributed by atoms with Crippen LogP contribution in [0.4, 0.5) is 11.5 Å². The van der Waals surface area contributed by atoms with E-state index in [1.807, 2.05) is 17.0 Å². The highest BCUT2D eigenvalue weighted by atomic mass is 79.9. The van der Waals surface area contributed by atoms with Gasteiger partial charge in [-0.1, -0.05) is 22.0 Å². The molecule has 10 heteroatoms. The van der Waals surface area contributed by atoms with Crippen molar-refractivity contribution in [2.75, 3.05) is 36.5 Å². The van der Waals surface area contributed by atoms with Crippen LogP contribution in [0, 0.1) is 0 Å². The highest BCUT2D eigenvalue weighted by Gasteiger charge is 2.20. The molecule has 0 spiro atoms. The van der Waals surface area contributed by atoms with Gasteiger partial charge >= 0.3 is 5.69 Å². The van der Waals surface area contributed by atoms with Crippen molar-refractivity contribution in [2.24, 2.45) is 0 Å². The maximum Gasteiger partial charge on any atom is 0.350 e. The van der Waals surface area contributed by atoms with Crippen LogP contribution in [0.15, 0.2) is 45.9 Å². The molecular formula is C17H17BrN6O3. The molecule has 0 atom stereocenters. The van der Waals surface area contributed by atoms with E-state index in [1.165, 1.54) is 4.40 Å². The van der Waals surface area contributed by atoms with Gasteiger partial charge < -0.3 is 15.0 Å². The van der Waals surface area contributed by atoms with E-state index >= 15 is 0 Å². The van der Waals surface area contributed by atoms with Crippen molar-refractivity contribution >= 4 is 39.0 Å². The number of nitrogens with zero attached hydrogens (tertiary/aromatic N) is 5. The molecule has 3 heterocycles. The second-order valence-corrected chi connectivity index (χ2v) is 6.96. The monoisotopic (exact) mass is 432 g/mol. The Morgan fingerprint density at radius 2 is 2.11 bits per heavy atom. The Hall–Kier alpha value is -2.72. The molecule has 0 saturated carbocycles. The van der Waals surface area contributed by atoms with Gasteiger partial charge in [0.1, 0.15) is 6.54 Å². The minimum Gasteiger partial charge on any atom is -0.378 e. The van der Waals surface area contributed by atoms with Crippen LogP contribution >= 0.6 is 15.9 Å². The number of benzene rings is 1. The molecule has 1 aliphatic rings. The summed E-state index contributed by atoms with van der Waals surface area (Å²) in [5, 5.41) is 7.10. The first-order chi connectivity index (χ1) is 13.1. The van der Waals surface area contributed by atoms with Gasteiger partial charge in [0.15, 0.2) is 5.82 Å². The average molecular weight is 433 g/mol. The standard InChI is InChI=1S/C17H17BrN6O3/c18-12-2-1-3-13(10-12)20-14(25)11-24-17(26)23-5-4-19-15(16(23)21-24)22-6-8-27-9-7-22/h1-5,10H,6-9,11H2,(H,20,25). The second-order valence-electron chi connectivity index (χ2n) is 6.04. The summed E-state index contributed by atoms with van der Waals surface area (Å²) >= 11 is 3.36. The van der Waals surface area contributed by atoms with E-state index in [0.29, 0.717) is 43.5 Å². The number of hydrogen-bond acceptors (Lipinski definition) is 6. The summed E-state index contributed by atoms with van der Waals surface area (Å²) in [7, 11) is 0. The third-order valence-corrected chi connectivity index (χ3v) is 4.69. The first-order valence-electron chi connectivity index (χ1n) is 8.44. The van der Waals surface area contributed by atoms with Crippen LogP contribution in [0.25, 0.3) is 5.65 Å². The van der Waals surface area contributed by atoms with E-state index < -0.39 is 0 Å². The first-order valence-corrected chi connectivity index (χ1v) is 9.23. The summed E-state index contributed by atoms with van der Waals surface area (Å²) in [6, 6.07) is 7.24. The van der Waals surface area contributed by atoms with Crippen molar-refractivity contribution in [3.63, 3.8) is 0 Å². The van der Waals surface area contributed by atoms with Gasteiger partial charge in [-0.25, -0.2) is 18.9 Å². The van der Waals surface area contributed by atoms with Gasteiger partial charge in [-0.3, -0.25) is 4.79 Å². The van der Waals surface area contributed by atoms with Gasteiger partial charge in [-0.2, -0.15) is 0 Å². The van der Waals surface area contributed by atoms with Gasteiger partial charge in [-0.15, -0.1) is 5.10 Å². The summed E-state index contributed by atoms with van der Waals surface area (Å²) < 4.78 is 8.77. The van der Waals surface area contributed by atoms with Crippen LogP contribution < -0.4 is 15.9 Å². The van der Waals surface area contributed by atoms with Crippen LogP contribution in [-0.4, -0.2) is 51.4 Å². The minimum atomic E-state index is -0.383. The molecule has 1 aromatic carbocycles. The van der Waals surface area contributed by atoms with E-state index in [9.17, 15) is 9.59 Å². The highest BCUT2D eigenvalue weighted by molar-refractivity contribution is 9.10. The Labute approximate surface area is 162 Å². The van der Waals surface area contributed by atoms with Crippen molar-refractivity contribution in [2.45, 2.75) is 6.54 Å². The Morgan fingerprint density at radius 3 is 2.89 bits per heavy atom. The second kappa shape index (κ2) is 7.49. The number of aromatic nitrogens is 4. The lowest BCUT2D eigenvalue weighted by atomic mass is 10.3. The van der Waals surface area contributed by atoms with Gasteiger partial charge in [0.2, 0.25) is 11.6 Å². The fraction of sp³-hybridized carbons (Fsp3) is 0.294. The third-order valence-electron chi connectivity index (χ3n) is 4.20. The van der Waals surface area contributed by atoms with Crippen molar-refractivity contribution in [1.29, 1.82) is 0 Å². The molecule has 0 aliphatic carbocycles. The van der Waals surface area contributed by atoms with Crippen molar-refractivity contribution in [3.05, 3.63) is 51.6 Å². The number of anilines is 2. The van der Waals surface area contributed by atoms with Crippen LogP contribution in [0.3, 0.4) is 0 Å². The minimum absolute atomic E-state index is 0.185. The van der Waals surface area contributed by atoms with E-state index in [0.717, 1.165) is 9.15 Å². The first kappa shape index (κ1) is 17.7. The normalized spacial score (nSPS) is 14.5. The van der Waals surface area contributed by atoms with Crippen molar-refractivity contribution < 1.29 is 9.53 Å². The molecule has 1 N–H and O–H groups in total. The average Bonchev–Trinajstić information content (AvgIpc) is 2.98. The molecular weight excluding hydrogens is 416 g/mol. The summed E-state index contributed by atoms with van der Waals surface area (Å²) in [5.41, 5.74) is 0.688. The van der Waals surface area contributed by atoms with Crippen molar-refractivity contribution in [3.8, 4) is 0 Å². The predicted molar refractivity (Wildman–Crippen MR) is 103 cm³/mol.